The third-order valence-corrected chi connectivity index (χ3v) is 4.98. The molecule has 6 nitrogen and oxygen atoms in total. The fourth-order valence-corrected chi connectivity index (χ4v) is 3.21. The second-order valence-electron chi connectivity index (χ2n) is 7.19. The number of carbonyl (C=O) groups excluding carboxylic acids is 1. The number of hydrogen-bond acceptors (Lipinski definition) is 5. The van der Waals surface area contributed by atoms with Crippen LogP contribution >= 0.6 is 0 Å². The molecule has 0 atom stereocenters. The first-order valence-corrected chi connectivity index (χ1v) is 10.2. The monoisotopic (exact) mass is 425 g/mol. The van der Waals surface area contributed by atoms with Crippen LogP contribution < -0.4 is 14.8 Å². The van der Waals surface area contributed by atoms with E-state index < -0.39 is 0 Å². The molecule has 1 heterocycles. The molecule has 0 bridgehead atoms. The number of nitrogens with zero attached hydrogens (tertiary/aromatic N) is 2. The Bertz CT molecular complexity index is 1240. The number of benzene rings is 3. The molecule has 4 rings (SSSR count). The van der Waals surface area contributed by atoms with Gasteiger partial charge in [-0.3, -0.25) is 4.79 Å². The predicted octanol–water partition coefficient (Wildman–Crippen LogP) is 5.18. The van der Waals surface area contributed by atoms with Crippen LogP contribution in [-0.2, 0) is 6.54 Å². The summed E-state index contributed by atoms with van der Waals surface area (Å²) >= 11 is 0. The number of carbonyl (C=O) groups is 1. The Morgan fingerprint density at radius 1 is 0.938 bits per heavy atom. The number of ether oxygens (including phenoxy) is 2. The minimum Gasteiger partial charge on any atom is -0.497 e. The Balaban J connectivity index is 1.49. The van der Waals surface area contributed by atoms with E-state index in [0.717, 1.165) is 16.7 Å². The van der Waals surface area contributed by atoms with Crippen LogP contribution in [0, 0.1) is 6.92 Å². The zero-order chi connectivity index (χ0) is 22.3. The predicted molar refractivity (Wildman–Crippen MR) is 123 cm³/mol. The van der Waals surface area contributed by atoms with E-state index in [4.69, 9.17) is 9.47 Å². The number of amides is 1. The van der Waals surface area contributed by atoms with E-state index in [0.29, 0.717) is 35.3 Å². The number of methoxy groups -OCH3 is 1. The van der Waals surface area contributed by atoms with Gasteiger partial charge in [0.15, 0.2) is 5.82 Å². The number of rotatable bonds is 7. The van der Waals surface area contributed by atoms with Crippen molar-refractivity contribution in [3.05, 3.63) is 102 Å². The summed E-state index contributed by atoms with van der Waals surface area (Å²) in [6, 6.07) is 24.2. The van der Waals surface area contributed by atoms with Crippen LogP contribution in [0.5, 0.6) is 17.4 Å². The van der Waals surface area contributed by atoms with E-state index in [1.807, 2.05) is 61.5 Å². The average molecular weight is 425 g/mol. The summed E-state index contributed by atoms with van der Waals surface area (Å²) in [5.74, 6) is 2.02. The fraction of sp³-hybridized carbons (Fsp3) is 0.115. The van der Waals surface area contributed by atoms with Crippen molar-refractivity contribution in [2.75, 3.05) is 7.11 Å². The van der Waals surface area contributed by atoms with Gasteiger partial charge in [-0.15, -0.1) is 0 Å². The van der Waals surface area contributed by atoms with Gasteiger partial charge in [0, 0.05) is 36.0 Å². The minimum absolute atomic E-state index is 0.154. The Morgan fingerprint density at radius 3 is 2.59 bits per heavy atom. The summed E-state index contributed by atoms with van der Waals surface area (Å²) in [7, 11) is 1.60. The highest BCUT2D eigenvalue weighted by molar-refractivity contribution is 5.95. The topological polar surface area (TPSA) is 73.3 Å². The molecule has 0 unspecified atom stereocenters. The van der Waals surface area contributed by atoms with Crippen molar-refractivity contribution in [3.8, 4) is 28.8 Å². The van der Waals surface area contributed by atoms with Crippen LogP contribution in [0.15, 0.2) is 85.1 Å². The Kier molecular flexibility index (Phi) is 6.41. The number of hydrogen-bond donors (Lipinski definition) is 1. The molecule has 160 valence electrons. The van der Waals surface area contributed by atoms with Gasteiger partial charge in [0.05, 0.1) is 7.11 Å². The summed E-state index contributed by atoms with van der Waals surface area (Å²) in [4.78, 5) is 21.5. The van der Waals surface area contributed by atoms with Crippen molar-refractivity contribution in [1.29, 1.82) is 0 Å². The largest absolute Gasteiger partial charge is 0.497 e. The standard InChI is InChI=1S/C26H23N3O3/c1-18-7-3-4-8-21(18)17-28-26(30)20-10-5-9-19(15-20)25-27-14-13-24(29-25)32-23-12-6-11-22(16-23)31-2/h3-16H,17H2,1-2H3,(H,28,30). The van der Waals surface area contributed by atoms with Gasteiger partial charge in [0.2, 0.25) is 5.88 Å². The van der Waals surface area contributed by atoms with E-state index >= 15 is 0 Å². The van der Waals surface area contributed by atoms with E-state index in [9.17, 15) is 4.79 Å². The van der Waals surface area contributed by atoms with Crippen LogP contribution in [0.25, 0.3) is 11.4 Å². The molecule has 6 heteroatoms. The quantitative estimate of drug-likeness (QED) is 0.441. The van der Waals surface area contributed by atoms with Crippen molar-refractivity contribution >= 4 is 5.91 Å². The second-order valence-corrected chi connectivity index (χ2v) is 7.19. The van der Waals surface area contributed by atoms with Gasteiger partial charge >= 0.3 is 0 Å². The molecular formula is C26H23N3O3. The molecule has 1 N–H and O–H groups in total. The molecule has 0 fully saturated rings. The fourth-order valence-electron chi connectivity index (χ4n) is 3.21. The molecule has 4 aromatic rings. The lowest BCUT2D eigenvalue weighted by Crippen LogP contribution is -2.23. The van der Waals surface area contributed by atoms with Gasteiger partial charge in [-0.05, 0) is 42.3 Å². The highest BCUT2D eigenvalue weighted by Gasteiger charge is 2.10. The van der Waals surface area contributed by atoms with Crippen molar-refractivity contribution in [3.63, 3.8) is 0 Å². The molecule has 1 aromatic heterocycles. The molecule has 32 heavy (non-hydrogen) atoms. The van der Waals surface area contributed by atoms with Gasteiger partial charge in [-0.1, -0.05) is 42.5 Å². The van der Waals surface area contributed by atoms with Gasteiger partial charge in [-0.2, -0.15) is 4.98 Å². The molecule has 0 aliphatic heterocycles. The van der Waals surface area contributed by atoms with Crippen LogP contribution in [0.4, 0.5) is 0 Å². The molecule has 0 saturated carbocycles. The molecule has 3 aromatic carbocycles. The third-order valence-electron chi connectivity index (χ3n) is 4.98. The first-order valence-electron chi connectivity index (χ1n) is 10.2. The lowest BCUT2D eigenvalue weighted by atomic mass is 10.1. The number of nitrogens with one attached hydrogen (secondary N) is 1. The number of aryl methyl sites for hydroxylation is 1. The summed E-state index contributed by atoms with van der Waals surface area (Å²) in [5, 5.41) is 2.97. The molecule has 0 aliphatic carbocycles. The molecule has 0 radical (unpaired) electrons. The summed E-state index contributed by atoms with van der Waals surface area (Å²) in [5.41, 5.74) is 3.49. The van der Waals surface area contributed by atoms with E-state index in [-0.39, 0.29) is 5.91 Å². The Hall–Kier alpha value is -4.19. The van der Waals surface area contributed by atoms with Crippen molar-refractivity contribution < 1.29 is 14.3 Å². The van der Waals surface area contributed by atoms with E-state index in [2.05, 4.69) is 15.3 Å². The lowest BCUT2D eigenvalue weighted by molar-refractivity contribution is 0.0951. The van der Waals surface area contributed by atoms with Gasteiger partial charge in [-0.25, -0.2) is 4.98 Å². The molecule has 1 amide bonds. The zero-order valence-electron chi connectivity index (χ0n) is 17.9. The van der Waals surface area contributed by atoms with Crippen LogP contribution in [0.2, 0.25) is 0 Å². The van der Waals surface area contributed by atoms with Crippen LogP contribution in [0.1, 0.15) is 21.5 Å². The maximum absolute atomic E-state index is 12.7. The zero-order valence-corrected chi connectivity index (χ0v) is 17.9. The van der Waals surface area contributed by atoms with Crippen molar-refractivity contribution in [1.82, 2.24) is 15.3 Å². The SMILES string of the molecule is COc1cccc(Oc2ccnc(-c3cccc(C(=O)NCc4ccccc4C)c3)n2)c1. The maximum Gasteiger partial charge on any atom is 0.251 e. The summed E-state index contributed by atoms with van der Waals surface area (Å²) in [6.07, 6.45) is 1.63. The van der Waals surface area contributed by atoms with Gasteiger partial charge in [0.25, 0.3) is 5.91 Å². The van der Waals surface area contributed by atoms with Crippen molar-refractivity contribution in [2.45, 2.75) is 13.5 Å². The lowest BCUT2D eigenvalue weighted by Gasteiger charge is -2.10. The molecular weight excluding hydrogens is 402 g/mol. The normalized spacial score (nSPS) is 10.4. The second kappa shape index (κ2) is 9.75. The smallest absolute Gasteiger partial charge is 0.251 e. The molecule has 0 aliphatic rings. The first kappa shape index (κ1) is 21.1. The average Bonchev–Trinajstić information content (AvgIpc) is 2.84. The minimum atomic E-state index is -0.154. The van der Waals surface area contributed by atoms with Crippen LogP contribution in [-0.4, -0.2) is 23.0 Å². The maximum atomic E-state index is 12.7. The van der Waals surface area contributed by atoms with E-state index in [1.165, 1.54) is 0 Å². The highest BCUT2D eigenvalue weighted by Crippen LogP contribution is 2.25. The Morgan fingerprint density at radius 2 is 1.75 bits per heavy atom. The van der Waals surface area contributed by atoms with Crippen LogP contribution in [0.3, 0.4) is 0 Å². The number of aromatic nitrogens is 2. The molecule has 0 spiro atoms. The summed E-state index contributed by atoms with van der Waals surface area (Å²) < 4.78 is 11.1. The van der Waals surface area contributed by atoms with Crippen molar-refractivity contribution in [2.24, 2.45) is 0 Å². The molecule has 0 saturated heterocycles. The summed E-state index contributed by atoms with van der Waals surface area (Å²) in [6.45, 7) is 2.50. The van der Waals surface area contributed by atoms with Gasteiger partial charge in [0.1, 0.15) is 11.5 Å². The first-order chi connectivity index (χ1) is 15.6. The van der Waals surface area contributed by atoms with Gasteiger partial charge < -0.3 is 14.8 Å². The highest BCUT2D eigenvalue weighted by atomic mass is 16.5. The Labute approximate surface area is 186 Å². The van der Waals surface area contributed by atoms with E-state index in [1.54, 1.807) is 37.6 Å². The third kappa shape index (κ3) is 5.10.